The van der Waals surface area contributed by atoms with Crippen LogP contribution in [0, 0.1) is 12.8 Å². The van der Waals surface area contributed by atoms with Crippen molar-refractivity contribution in [2.75, 3.05) is 11.9 Å². The molecule has 0 aliphatic carbocycles. The van der Waals surface area contributed by atoms with E-state index in [9.17, 15) is 4.79 Å². The molecule has 2 N–H and O–H groups in total. The summed E-state index contributed by atoms with van der Waals surface area (Å²) in [6.07, 6.45) is 5.28. The van der Waals surface area contributed by atoms with Gasteiger partial charge in [-0.05, 0) is 42.9 Å². The quantitative estimate of drug-likeness (QED) is 0.789. The Morgan fingerprint density at radius 3 is 2.75 bits per heavy atom. The monoisotopic (exact) mass is 325 g/mol. The highest BCUT2D eigenvalue weighted by Crippen LogP contribution is 2.25. The zero-order chi connectivity index (χ0) is 17.5. The first-order chi connectivity index (χ1) is 11.5. The van der Waals surface area contributed by atoms with E-state index in [1.807, 2.05) is 6.07 Å². The lowest BCUT2D eigenvalue weighted by Crippen LogP contribution is -2.25. The van der Waals surface area contributed by atoms with Crippen molar-refractivity contribution in [3.05, 3.63) is 53.3 Å². The van der Waals surface area contributed by atoms with Gasteiger partial charge >= 0.3 is 0 Å². The molecule has 0 saturated carbocycles. The van der Waals surface area contributed by atoms with Crippen LogP contribution in [-0.4, -0.2) is 17.4 Å². The highest BCUT2D eigenvalue weighted by atomic mass is 16.1. The molecule has 0 aliphatic rings. The number of aromatic nitrogens is 1. The summed E-state index contributed by atoms with van der Waals surface area (Å²) in [7, 11) is 0. The largest absolute Gasteiger partial charge is 0.354 e. The fraction of sp³-hybridized carbons (Fsp3) is 0.400. The van der Waals surface area contributed by atoms with E-state index in [0.717, 1.165) is 24.2 Å². The predicted octanol–water partition coefficient (Wildman–Crippen LogP) is 4.47. The molecule has 4 nitrogen and oxygen atoms in total. The van der Waals surface area contributed by atoms with Crippen LogP contribution in [-0.2, 0) is 6.42 Å². The minimum absolute atomic E-state index is 0.0766. The maximum atomic E-state index is 12.2. The van der Waals surface area contributed by atoms with Crippen molar-refractivity contribution in [2.45, 2.75) is 40.5 Å². The van der Waals surface area contributed by atoms with Gasteiger partial charge in [0, 0.05) is 18.4 Å². The summed E-state index contributed by atoms with van der Waals surface area (Å²) >= 11 is 0. The first kappa shape index (κ1) is 18.0. The summed E-state index contributed by atoms with van der Waals surface area (Å²) in [6.45, 7) is 9.19. The number of aryl methyl sites for hydroxylation is 2. The van der Waals surface area contributed by atoms with Crippen LogP contribution in [0.5, 0.6) is 0 Å². The van der Waals surface area contributed by atoms with Crippen LogP contribution in [0.2, 0.25) is 0 Å². The highest BCUT2D eigenvalue weighted by molar-refractivity contribution is 5.94. The summed E-state index contributed by atoms with van der Waals surface area (Å²) in [5.74, 6) is 0.497. The minimum Gasteiger partial charge on any atom is -0.354 e. The van der Waals surface area contributed by atoms with Gasteiger partial charge in [-0.3, -0.25) is 9.78 Å². The molecule has 0 saturated heterocycles. The molecule has 0 fully saturated rings. The van der Waals surface area contributed by atoms with Crippen molar-refractivity contribution in [3.63, 3.8) is 0 Å². The van der Waals surface area contributed by atoms with E-state index in [-0.39, 0.29) is 5.91 Å². The number of hydrogen-bond acceptors (Lipinski definition) is 3. The molecule has 1 aromatic carbocycles. The van der Waals surface area contributed by atoms with Gasteiger partial charge in [-0.15, -0.1) is 0 Å². The van der Waals surface area contributed by atoms with Crippen LogP contribution in [0.3, 0.4) is 0 Å². The van der Waals surface area contributed by atoms with Crippen molar-refractivity contribution >= 4 is 17.3 Å². The molecular formula is C20H27N3O. The molecule has 0 aliphatic heterocycles. The molecular weight excluding hydrogens is 298 g/mol. The molecule has 0 unspecified atom stereocenters. The first-order valence-corrected chi connectivity index (χ1v) is 8.60. The van der Waals surface area contributed by atoms with E-state index in [4.69, 9.17) is 0 Å². The van der Waals surface area contributed by atoms with Crippen LogP contribution in [0.4, 0.5) is 11.4 Å². The second kappa shape index (κ2) is 8.48. The standard InChI is InChI=1S/C20H27N3O/c1-5-16-8-6-7-15(4)19(16)23-18-11-17(12-21-13-18)20(24)22-10-9-14(2)3/h6-8,11-14,23H,5,9-10H2,1-4H3,(H,22,24). The van der Waals surface area contributed by atoms with Gasteiger partial charge in [-0.2, -0.15) is 0 Å². The Labute approximate surface area is 144 Å². The smallest absolute Gasteiger partial charge is 0.252 e. The van der Waals surface area contributed by atoms with Crippen molar-refractivity contribution < 1.29 is 4.79 Å². The zero-order valence-electron chi connectivity index (χ0n) is 15.0. The Balaban J connectivity index is 2.12. The van der Waals surface area contributed by atoms with Gasteiger partial charge in [-0.1, -0.05) is 39.0 Å². The van der Waals surface area contributed by atoms with Crippen LogP contribution < -0.4 is 10.6 Å². The Hall–Kier alpha value is -2.36. The number of para-hydroxylation sites is 1. The second-order valence-corrected chi connectivity index (χ2v) is 6.49. The molecule has 128 valence electrons. The molecule has 1 aromatic heterocycles. The fourth-order valence-corrected chi connectivity index (χ4v) is 2.56. The van der Waals surface area contributed by atoms with Gasteiger partial charge in [0.15, 0.2) is 0 Å². The Kier molecular flexibility index (Phi) is 6.36. The van der Waals surface area contributed by atoms with Crippen molar-refractivity contribution in [2.24, 2.45) is 5.92 Å². The predicted molar refractivity (Wildman–Crippen MR) is 99.9 cm³/mol. The molecule has 1 amide bonds. The number of amides is 1. The summed E-state index contributed by atoms with van der Waals surface area (Å²) in [4.78, 5) is 16.4. The van der Waals surface area contributed by atoms with E-state index in [2.05, 4.69) is 61.5 Å². The molecule has 0 spiro atoms. The third kappa shape index (κ3) is 4.82. The number of pyridine rings is 1. The van der Waals surface area contributed by atoms with Crippen molar-refractivity contribution in [1.29, 1.82) is 0 Å². The lowest BCUT2D eigenvalue weighted by Gasteiger charge is -2.14. The van der Waals surface area contributed by atoms with Crippen LogP contribution in [0.1, 0.15) is 48.7 Å². The van der Waals surface area contributed by atoms with Crippen molar-refractivity contribution in [1.82, 2.24) is 10.3 Å². The number of rotatable bonds is 7. The van der Waals surface area contributed by atoms with Gasteiger partial charge < -0.3 is 10.6 Å². The highest BCUT2D eigenvalue weighted by Gasteiger charge is 2.09. The van der Waals surface area contributed by atoms with Gasteiger partial charge in [0.1, 0.15) is 0 Å². The summed E-state index contributed by atoms with van der Waals surface area (Å²) < 4.78 is 0. The third-order valence-corrected chi connectivity index (χ3v) is 4.02. The van der Waals surface area contributed by atoms with E-state index in [1.54, 1.807) is 12.4 Å². The number of hydrogen-bond donors (Lipinski definition) is 2. The second-order valence-electron chi connectivity index (χ2n) is 6.49. The van der Waals surface area contributed by atoms with Gasteiger partial charge in [0.2, 0.25) is 0 Å². The molecule has 24 heavy (non-hydrogen) atoms. The zero-order valence-corrected chi connectivity index (χ0v) is 15.0. The number of benzene rings is 1. The summed E-state index contributed by atoms with van der Waals surface area (Å²) in [5.41, 5.74) is 4.94. The number of carbonyl (C=O) groups excluding carboxylic acids is 1. The maximum Gasteiger partial charge on any atom is 0.252 e. The first-order valence-electron chi connectivity index (χ1n) is 8.60. The normalized spacial score (nSPS) is 10.7. The van der Waals surface area contributed by atoms with Gasteiger partial charge in [-0.25, -0.2) is 0 Å². The van der Waals surface area contributed by atoms with E-state index >= 15 is 0 Å². The molecule has 0 atom stereocenters. The molecule has 0 radical (unpaired) electrons. The number of anilines is 2. The average Bonchev–Trinajstić information content (AvgIpc) is 2.56. The van der Waals surface area contributed by atoms with E-state index < -0.39 is 0 Å². The van der Waals surface area contributed by atoms with Crippen LogP contribution in [0.25, 0.3) is 0 Å². The Morgan fingerprint density at radius 1 is 1.25 bits per heavy atom. The maximum absolute atomic E-state index is 12.2. The average molecular weight is 325 g/mol. The SMILES string of the molecule is CCc1cccc(C)c1Nc1cncc(C(=O)NCCC(C)C)c1. The number of nitrogens with one attached hydrogen (secondary N) is 2. The fourth-order valence-electron chi connectivity index (χ4n) is 2.56. The van der Waals surface area contributed by atoms with Crippen LogP contribution in [0.15, 0.2) is 36.7 Å². The van der Waals surface area contributed by atoms with Gasteiger partial charge in [0.25, 0.3) is 5.91 Å². The lowest BCUT2D eigenvalue weighted by molar-refractivity contribution is 0.0951. The van der Waals surface area contributed by atoms with E-state index in [0.29, 0.717) is 18.0 Å². The summed E-state index contributed by atoms with van der Waals surface area (Å²) in [5, 5.41) is 6.37. The van der Waals surface area contributed by atoms with Gasteiger partial charge in [0.05, 0.1) is 17.4 Å². The molecule has 0 bridgehead atoms. The lowest BCUT2D eigenvalue weighted by atomic mass is 10.1. The molecule has 2 aromatic rings. The van der Waals surface area contributed by atoms with E-state index in [1.165, 1.54) is 11.1 Å². The topological polar surface area (TPSA) is 54.0 Å². The Morgan fingerprint density at radius 2 is 2.04 bits per heavy atom. The third-order valence-electron chi connectivity index (χ3n) is 4.02. The van der Waals surface area contributed by atoms with Crippen molar-refractivity contribution in [3.8, 4) is 0 Å². The minimum atomic E-state index is -0.0766. The molecule has 2 rings (SSSR count). The number of carbonyl (C=O) groups is 1. The summed E-state index contributed by atoms with van der Waals surface area (Å²) in [6, 6.07) is 8.11. The molecule has 4 heteroatoms. The number of nitrogens with zero attached hydrogens (tertiary/aromatic N) is 1. The molecule has 1 heterocycles. The Bertz CT molecular complexity index is 695. The van der Waals surface area contributed by atoms with Crippen LogP contribution >= 0.6 is 0 Å².